The molecule has 0 radical (unpaired) electrons. The van der Waals surface area contributed by atoms with Crippen molar-refractivity contribution >= 4 is 22.5 Å². The number of halogens is 4. The highest BCUT2D eigenvalue weighted by Crippen LogP contribution is 2.31. The first-order valence-corrected chi connectivity index (χ1v) is 10.9. The van der Waals surface area contributed by atoms with E-state index in [0.717, 1.165) is 22.4 Å². The van der Waals surface area contributed by atoms with E-state index in [1.807, 2.05) is 34.9 Å². The minimum Gasteiger partial charge on any atom is -0.342 e. The fraction of sp³-hybridized carbons (Fsp3) is 0.115. The number of rotatable bonds is 5. The second-order valence-corrected chi connectivity index (χ2v) is 8.26. The third-order valence-electron chi connectivity index (χ3n) is 5.71. The zero-order chi connectivity index (χ0) is 25.4. The summed E-state index contributed by atoms with van der Waals surface area (Å²) in [6, 6.07) is 17.9. The molecule has 0 fully saturated rings. The van der Waals surface area contributed by atoms with Crippen LogP contribution in [0.25, 0.3) is 22.2 Å². The van der Waals surface area contributed by atoms with Gasteiger partial charge in [-0.25, -0.2) is 9.07 Å². The van der Waals surface area contributed by atoms with Crippen molar-refractivity contribution in [3.63, 3.8) is 0 Å². The Morgan fingerprint density at radius 2 is 1.75 bits per heavy atom. The molecule has 0 saturated heterocycles. The summed E-state index contributed by atoms with van der Waals surface area (Å²) in [4.78, 5) is 25.6. The van der Waals surface area contributed by atoms with Gasteiger partial charge in [0.25, 0.3) is 5.56 Å². The number of alkyl halides is 3. The lowest BCUT2D eigenvalue weighted by atomic mass is 10.1. The number of carbonyl (C=O) groups excluding carboxylic acids is 1. The first-order chi connectivity index (χ1) is 17.2. The van der Waals surface area contributed by atoms with E-state index in [2.05, 4.69) is 10.4 Å². The highest BCUT2D eigenvalue weighted by Gasteiger charge is 2.30. The quantitative estimate of drug-likeness (QED) is 0.344. The average molecular weight is 494 g/mol. The highest BCUT2D eigenvalue weighted by atomic mass is 19.4. The molecule has 3 aromatic rings. The van der Waals surface area contributed by atoms with Gasteiger partial charge in [-0.05, 0) is 42.0 Å². The molecule has 182 valence electrons. The summed E-state index contributed by atoms with van der Waals surface area (Å²) in [5.74, 6) is -1.24. The van der Waals surface area contributed by atoms with Gasteiger partial charge < -0.3 is 9.88 Å². The maximum absolute atomic E-state index is 14.1. The molecule has 0 spiro atoms. The Hall–Kier alpha value is -4.47. The number of hydrogen-bond donors (Lipinski definition) is 1. The number of nitrogens with zero attached hydrogens (tertiary/aromatic N) is 3. The summed E-state index contributed by atoms with van der Waals surface area (Å²) in [6.45, 7) is -0.112. The number of hydrogen-bond acceptors (Lipinski definition) is 3. The molecule has 0 unspecified atom stereocenters. The maximum atomic E-state index is 14.1. The van der Waals surface area contributed by atoms with Gasteiger partial charge in [-0.1, -0.05) is 36.4 Å². The average Bonchev–Trinajstić information content (AvgIpc) is 3.14. The van der Waals surface area contributed by atoms with E-state index in [1.165, 1.54) is 24.3 Å². The second kappa shape index (κ2) is 8.95. The molecule has 1 N–H and O–H groups in total. The van der Waals surface area contributed by atoms with Crippen LogP contribution < -0.4 is 10.9 Å². The van der Waals surface area contributed by atoms with E-state index in [4.69, 9.17) is 0 Å². The van der Waals surface area contributed by atoms with Crippen LogP contribution in [0.3, 0.4) is 0 Å². The number of aromatic nitrogens is 3. The molecule has 5 rings (SSSR count). The van der Waals surface area contributed by atoms with Crippen LogP contribution >= 0.6 is 0 Å². The van der Waals surface area contributed by atoms with Crippen LogP contribution in [-0.4, -0.2) is 20.3 Å². The summed E-state index contributed by atoms with van der Waals surface area (Å²) < 4.78 is 55.7. The van der Waals surface area contributed by atoms with E-state index in [9.17, 15) is 27.2 Å². The van der Waals surface area contributed by atoms with E-state index < -0.39 is 35.6 Å². The van der Waals surface area contributed by atoms with Crippen LogP contribution in [0, 0.1) is 5.82 Å². The first kappa shape index (κ1) is 23.3. The largest absolute Gasteiger partial charge is 0.416 e. The lowest BCUT2D eigenvalue weighted by molar-refractivity contribution is -0.137. The molecule has 10 heteroatoms. The van der Waals surface area contributed by atoms with Crippen molar-refractivity contribution in [2.45, 2.75) is 19.3 Å². The summed E-state index contributed by atoms with van der Waals surface area (Å²) in [7, 11) is 0. The number of fused-ring (bicyclic) bond motifs is 3. The Kier molecular flexibility index (Phi) is 5.79. The minimum atomic E-state index is -4.56. The molecular weight excluding hydrogens is 476 g/mol. The van der Waals surface area contributed by atoms with Crippen molar-refractivity contribution < 1.29 is 22.4 Å². The van der Waals surface area contributed by atoms with Gasteiger partial charge in [-0.3, -0.25) is 9.59 Å². The van der Waals surface area contributed by atoms with Crippen LogP contribution in [-0.2, 0) is 24.1 Å². The molecule has 2 aliphatic rings. The highest BCUT2D eigenvalue weighted by molar-refractivity contribution is 5.94. The topological polar surface area (TPSA) is 68.9 Å². The van der Waals surface area contributed by atoms with E-state index in [-0.39, 0.29) is 16.9 Å². The van der Waals surface area contributed by atoms with Crippen LogP contribution in [0.1, 0.15) is 11.1 Å². The normalized spacial score (nSPS) is 11.8. The van der Waals surface area contributed by atoms with Gasteiger partial charge in [0.2, 0.25) is 5.91 Å². The van der Waals surface area contributed by atoms with Crippen LogP contribution in [0.4, 0.5) is 23.2 Å². The molecule has 1 amide bonds. The predicted octanol–water partition coefficient (Wildman–Crippen LogP) is 5.15. The van der Waals surface area contributed by atoms with Crippen LogP contribution in [0.2, 0.25) is 0 Å². The molecule has 2 heterocycles. The van der Waals surface area contributed by atoms with Crippen molar-refractivity contribution in [1.82, 2.24) is 14.3 Å². The lowest BCUT2D eigenvalue weighted by Crippen LogP contribution is -2.26. The zero-order valence-electron chi connectivity index (χ0n) is 18.6. The van der Waals surface area contributed by atoms with E-state index >= 15 is 0 Å². The number of pyridine rings is 1. The molecule has 0 aromatic heterocycles. The number of benzene rings is 3. The summed E-state index contributed by atoms with van der Waals surface area (Å²) >= 11 is 0. The molecular formula is C26H18F4N4O2. The maximum Gasteiger partial charge on any atom is 0.416 e. The Morgan fingerprint density at radius 1 is 0.972 bits per heavy atom. The Balaban J connectivity index is 1.50. The van der Waals surface area contributed by atoms with Gasteiger partial charge in [0.05, 0.1) is 16.6 Å². The van der Waals surface area contributed by atoms with Crippen LogP contribution in [0.15, 0.2) is 83.8 Å². The number of amides is 1. The van der Waals surface area contributed by atoms with Gasteiger partial charge in [0, 0.05) is 23.8 Å². The molecule has 36 heavy (non-hydrogen) atoms. The second-order valence-electron chi connectivity index (χ2n) is 8.26. The van der Waals surface area contributed by atoms with Gasteiger partial charge in [0.1, 0.15) is 18.1 Å². The first-order valence-electron chi connectivity index (χ1n) is 10.9. The molecule has 2 aliphatic heterocycles. The fourth-order valence-corrected chi connectivity index (χ4v) is 4.08. The summed E-state index contributed by atoms with van der Waals surface area (Å²) in [5, 5.41) is 7.01. The fourth-order valence-electron chi connectivity index (χ4n) is 4.08. The van der Waals surface area contributed by atoms with Gasteiger partial charge in [-0.15, -0.1) is 0 Å². The minimum absolute atomic E-state index is 0.0628. The standard InChI is InChI=1S/C26H18F4N4O2/c27-18-9-10-22-20(12-18)24-21(14-33(22)13-16-5-2-1-3-6-16)25(36)34(32-24)15-23(35)31-19-8-4-7-17(11-19)26(28,29)30/h1-12,14H,13,15H2,(H,31,35). The van der Waals surface area contributed by atoms with Crippen molar-refractivity contribution in [3.8, 4) is 11.3 Å². The molecule has 3 aromatic carbocycles. The molecule has 0 atom stereocenters. The third kappa shape index (κ3) is 4.57. The SMILES string of the molecule is O=C(Cn1nc2c3cc(F)ccc3n(Cc3ccccc3)cc-2c1=O)Nc1cccc(C(F)(F)F)c1. The number of carbonyl (C=O) groups is 1. The van der Waals surface area contributed by atoms with Gasteiger partial charge >= 0.3 is 6.18 Å². The molecule has 0 aliphatic carbocycles. The Labute approximate surface area is 201 Å². The summed E-state index contributed by atoms with van der Waals surface area (Å²) in [6.07, 6.45) is -2.95. The smallest absolute Gasteiger partial charge is 0.342 e. The molecule has 6 nitrogen and oxygen atoms in total. The lowest BCUT2D eigenvalue weighted by Gasteiger charge is -2.14. The van der Waals surface area contributed by atoms with E-state index in [1.54, 1.807) is 12.3 Å². The predicted molar refractivity (Wildman–Crippen MR) is 126 cm³/mol. The third-order valence-corrected chi connectivity index (χ3v) is 5.71. The number of nitrogens with one attached hydrogen (secondary N) is 1. The van der Waals surface area contributed by atoms with Crippen molar-refractivity contribution in [1.29, 1.82) is 0 Å². The Morgan fingerprint density at radius 3 is 2.50 bits per heavy atom. The molecule has 0 bridgehead atoms. The monoisotopic (exact) mass is 494 g/mol. The van der Waals surface area contributed by atoms with Crippen molar-refractivity contribution in [2.75, 3.05) is 5.32 Å². The van der Waals surface area contributed by atoms with E-state index in [0.29, 0.717) is 17.4 Å². The summed E-state index contributed by atoms with van der Waals surface area (Å²) in [5.41, 5.74) is 0.482. The van der Waals surface area contributed by atoms with Crippen molar-refractivity contribution in [2.24, 2.45) is 0 Å². The number of anilines is 1. The zero-order valence-corrected chi connectivity index (χ0v) is 18.6. The molecule has 0 saturated carbocycles. The van der Waals surface area contributed by atoms with Gasteiger partial charge in [0.15, 0.2) is 0 Å². The Bertz CT molecular complexity index is 1610. The van der Waals surface area contributed by atoms with Gasteiger partial charge in [-0.2, -0.15) is 18.3 Å². The van der Waals surface area contributed by atoms with Crippen LogP contribution in [0.5, 0.6) is 0 Å². The van der Waals surface area contributed by atoms with Crippen molar-refractivity contribution in [3.05, 3.63) is 106 Å².